The van der Waals surface area contributed by atoms with Crippen molar-refractivity contribution in [1.29, 1.82) is 0 Å². The largest absolute Gasteiger partial charge is 0.494 e. The van der Waals surface area contributed by atoms with E-state index in [2.05, 4.69) is 18.2 Å². The van der Waals surface area contributed by atoms with Gasteiger partial charge in [0.15, 0.2) is 0 Å². The summed E-state index contributed by atoms with van der Waals surface area (Å²) < 4.78 is 26.9. The highest BCUT2D eigenvalue weighted by molar-refractivity contribution is 8.14. The second-order valence-electron chi connectivity index (χ2n) is 9.84. The van der Waals surface area contributed by atoms with Crippen LogP contribution < -0.4 is 14.2 Å². The molecular formula is C37H39NO8S. The summed E-state index contributed by atoms with van der Waals surface area (Å²) in [6.45, 7) is 8.43. The zero-order chi connectivity index (χ0) is 33.7. The molecule has 0 saturated carbocycles. The van der Waals surface area contributed by atoms with Gasteiger partial charge in [0, 0.05) is 23.3 Å². The molecule has 0 atom stereocenters. The molecule has 0 fully saturated rings. The Kier molecular flexibility index (Phi) is 16.1. The van der Waals surface area contributed by atoms with Crippen LogP contribution in [0.15, 0.2) is 108 Å². The normalized spacial score (nSPS) is 10.8. The van der Waals surface area contributed by atoms with E-state index in [-0.39, 0.29) is 5.12 Å². The van der Waals surface area contributed by atoms with Gasteiger partial charge in [-0.05, 0) is 109 Å². The van der Waals surface area contributed by atoms with Crippen molar-refractivity contribution in [3.05, 3.63) is 109 Å². The summed E-state index contributed by atoms with van der Waals surface area (Å²) in [5.41, 5.74) is 2.39. The Hall–Kier alpha value is -5.09. The number of aliphatic imine (C=N–C) groups is 1. The first kappa shape index (κ1) is 36.4. The summed E-state index contributed by atoms with van der Waals surface area (Å²) >= 11 is 1.10. The topological polar surface area (TPSA) is 110 Å². The molecule has 0 aliphatic rings. The number of rotatable bonds is 20. The molecule has 246 valence electrons. The van der Waals surface area contributed by atoms with Crippen molar-refractivity contribution in [2.24, 2.45) is 4.99 Å². The standard InChI is InChI=1S/C37H39NO8S/c1-4-35(39)45-24-8-6-22-43-30-15-10-28(11-16-30)14-21-37(41)47-32-19-20-33(34(26-32)42-3)38-27-29-12-17-31(18-13-29)44-23-7-9-25-46-36(40)5-2/h4-5,10-21,26-27H,1-2,6-9,22-25H2,3H3/b21-14+,38-27+. The minimum atomic E-state index is -0.423. The molecule has 0 N–H and O–H groups in total. The van der Waals surface area contributed by atoms with Crippen LogP contribution in [0.3, 0.4) is 0 Å². The van der Waals surface area contributed by atoms with Gasteiger partial charge in [0.1, 0.15) is 22.9 Å². The van der Waals surface area contributed by atoms with Crippen molar-refractivity contribution in [1.82, 2.24) is 0 Å². The van der Waals surface area contributed by atoms with E-state index in [1.807, 2.05) is 60.7 Å². The summed E-state index contributed by atoms with van der Waals surface area (Å²) in [7, 11) is 1.56. The smallest absolute Gasteiger partial charge is 0.330 e. The fourth-order valence-corrected chi connectivity index (χ4v) is 4.53. The van der Waals surface area contributed by atoms with E-state index in [0.717, 1.165) is 64.3 Å². The number of hydrogen-bond acceptors (Lipinski definition) is 10. The molecule has 0 aliphatic heterocycles. The Morgan fingerprint density at radius 1 is 0.723 bits per heavy atom. The lowest BCUT2D eigenvalue weighted by Crippen LogP contribution is -2.04. The van der Waals surface area contributed by atoms with Crippen molar-refractivity contribution in [3.8, 4) is 17.2 Å². The number of nitrogens with zero attached hydrogens (tertiary/aromatic N) is 1. The first-order valence-corrected chi connectivity index (χ1v) is 15.9. The summed E-state index contributed by atoms with van der Waals surface area (Å²) in [6.07, 6.45) is 10.2. The van der Waals surface area contributed by atoms with Crippen molar-refractivity contribution >= 4 is 46.8 Å². The van der Waals surface area contributed by atoms with Crippen LogP contribution in [-0.4, -0.2) is 56.8 Å². The zero-order valence-electron chi connectivity index (χ0n) is 26.4. The fourth-order valence-electron chi connectivity index (χ4n) is 3.86. The van der Waals surface area contributed by atoms with Crippen LogP contribution in [0.4, 0.5) is 5.69 Å². The minimum absolute atomic E-state index is 0.126. The number of esters is 2. The summed E-state index contributed by atoms with van der Waals surface area (Å²) in [5.74, 6) is 1.17. The molecular weight excluding hydrogens is 618 g/mol. The van der Waals surface area contributed by atoms with Crippen LogP contribution in [0.1, 0.15) is 36.8 Å². The maximum absolute atomic E-state index is 12.6. The van der Waals surface area contributed by atoms with Gasteiger partial charge in [0.2, 0.25) is 5.12 Å². The molecule has 0 amide bonds. The highest BCUT2D eigenvalue weighted by Gasteiger charge is 2.07. The molecule has 9 nitrogen and oxygen atoms in total. The maximum atomic E-state index is 12.6. The highest BCUT2D eigenvalue weighted by Crippen LogP contribution is 2.33. The minimum Gasteiger partial charge on any atom is -0.494 e. The van der Waals surface area contributed by atoms with Crippen LogP contribution in [0.2, 0.25) is 0 Å². The number of carbonyl (C=O) groups is 3. The van der Waals surface area contributed by atoms with Crippen LogP contribution in [0.5, 0.6) is 17.2 Å². The lowest BCUT2D eigenvalue weighted by Gasteiger charge is -2.07. The Morgan fingerprint density at radius 2 is 1.26 bits per heavy atom. The van der Waals surface area contributed by atoms with Gasteiger partial charge < -0.3 is 23.7 Å². The lowest BCUT2D eigenvalue weighted by atomic mass is 10.2. The predicted molar refractivity (Wildman–Crippen MR) is 185 cm³/mol. The van der Waals surface area contributed by atoms with Gasteiger partial charge in [-0.15, -0.1) is 0 Å². The van der Waals surface area contributed by atoms with Crippen LogP contribution in [0.25, 0.3) is 6.08 Å². The van der Waals surface area contributed by atoms with Gasteiger partial charge in [-0.25, -0.2) is 9.59 Å². The number of hydrogen-bond donors (Lipinski definition) is 0. The molecule has 3 aromatic rings. The third kappa shape index (κ3) is 14.3. The maximum Gasteiger partial charge on any atom is 0.330 e. The van der Waals surface area contributed by atoms with Gasteiger partial charge in [-0.3, -0.25) is 9.79 Å². The van der Waals surface area contributed by atoms with Crippen molar-refractivity contribution in [2.45, 2.75) is 30.6 Å². The molecule has 0 radical (unpaired) electrons. The number of benzene rings is 3. The van der Waals surface area contributed by atoms with Crippen molar-refractivity contribution < 1.29 is 38.1 Å². The van der Waals surface area contributed by atoms with E-state index in [1.165, 1.54) is 6.08 Å². The van der Waals surface area contributed by atoms with Crippen molar-refractivity contribution in [2.75, 3.05) is 33.5 Å². The van der Waals surface area contributed by atoms with Crippen LogP contribution >= 0.6 is 11.8 Å². The quantitative estimate of drug-likeness (QED) is 0.0400. The molecule has 0 bridgehead atoms. The van der Waals surface area contributed by atoms with Gasteiger partial charge in [0.05, 0.1) is 33.5 Å². The van der Waals surface area contributed by atoms with E-state index in [9.17, 15) is 14.4 Å². The van der Waals surface area contributed by atoms with Gasteiger partial charge >= 0.3 is 11.9 Å². The second-order valence-corrected chi connectivity index (χ2v) is 10.9. The van der Waals surface area contributed by atoms with E-state index in [4.69, 9.17) is 23.7 Å². The fraction of sp³-hybridized carbons (Fsp3) is 0.243. The van der Waals surface area contributed by atoms with Crippen LogP contribution in [0, 0.1) is 0 Å². The van der Waals surface area contributed by atoms with E-state index >= 15 is 0 Å². The summed E-state index contributed by atoms with van der Waals surface area (Å²) in [4.78, 5) is 40.0. The molecule has 0 aliphatic carbocycles. The van der Waals surface area contributed by atoms with Gasteiger partial charge in [-0.1, -0.05) is 31.4 Å². The average Bonchev–Trinajstić information content (AvgIpc) is 3.10. The molecule has 0 saturated heterocycles. The SMILES string of the molecule is C=CC(=O)OCCCCOc1ccc(/C=C/C(=O)Sc2ccc(/N=C/c3ccc(OCCCCOC(=O)C=C)cc3)c(OC)c2)cc1. The number of unbranched alkanes of at least 4 members (excludes halogenated alkanes) is 2. The molecule has 10 heteroatoms. The predicted octanol–water partition coefficient (Wildman–Crippen LogP) is 7.55. The van der Waals surface area contributed by atoms with E-state index in [0.29, 0.717) is 50.7 Å². The molecule has 0 heterocycles. The molecule has 0 aromatic heterocycles. The number of methoxy groups -OCH3 is 1. The second kappa shape index (κ2) is 20.8. The Morgan fingerprint density at radius 3 is 1.79 bits per heavy atom. The van der Waals surface area contributed by atoms with Gasteiger partial charge in [0.25, 0.3) is 0 Å². The lowest BCUT2D eigenvalue weighted by molar-refractivity contribution is -0.138. The van der Waals surface area contributed by atoms with Gasteiger partial charge in [-0.2, -0.15) is 0 Å². The highest BCUT2D eigenvalue weighted by atomic mass is 32.2. The third-order valence-electron chi connectivity index (χ3n) is 6.33. The summed E-state index contributed by atoms with van der Waals surface area (Å²) in [5, 5.41) is -0.126. The summed E-state index contributed by atoms with van der Waals surface area (Å²) in [6, 6.07) is 20.4. The molecule has 0 spiro atoms. The average molecular weight is 658 g/mol. The Bertz CT molecular complexity index is 1530. The van der Waals surface area contributed by atoms with Crippen molar-refractivity contribution in [3.63, 3.8) is 0 Å². The number of ether oxygens (including phenoxy) is 5. The number of thioether (sulfide) groups is 1. The molecule has 3 aromatic carbocycles. The third-order valence-corrected chi connectivity index (χ3v) is 7.16. The monoisotopic (exact) mass is 657 g/mol. The zero-order valence-corrected chi connectivity index (χ0v) is 27.2. The van der Waals surface area contributed by atoms with E-state index < -0.39 is 11.9 Å². The number of carbonyl (C=O) groups excluding carboxylic acids is 3. The molecule has 47 heavy (non-hydrogen) atoms. The first-order valence-electron chi connectivity index (χ1n) is 15.1. The molecule has 3 rings (SSSR count). The Balaban J connectivity index is 1.42. The van der Waals surface area contributed by atoms with Crippen LogP contribution in [-0.2, 0) is 23.9 Å². The van der Waals surface area contributed by atoms with E-state index in [1.54, 1.807) is 25.5 Å². The molecule has 0 unspecified atom stereocenters. The first-order chi connectivity index (χ1) is 22.9. The Labute approximate surface area is 279 Å².